The van der Waals surface area contributed by atoms with E-state index >= 15 is 0 Å². The number of rotatable bonds is 2. The summed E-state index contributed by atoms with van der Waals surface area (Å²) in [5, 5.41) is 6.88. The predicted octanol–water partition coefficient (Wildman–Crippen LogP) is 3.47. The lowest BCUT2D eigenvalue weighted by atomic mass is 9.92. The second-order valence-electron chi connectivity index (χ2n) is 6.12. The normalized spacial score (nSPS) is 11.6. The third kappa shape index (κ3) is 7.48. The first-order chi connectivity index (χ1) is 7.95. The fourth-order valence-electron chi connectivity index (χ4n) is 1.03. The number of halogens is 1. The van der Waals surface area contributed by atoms with Gasteiger partial charge in [0.2, 0.25) is 6.41 Å². The minimum atomic E-state index is 0.0145. The lowest BCUT2D eigenvalue weighted by molar-refractivity contribution is -0.105. The maximum absolute atomic E-state index is 10.2. The van der Waals surface area contributed by atoms with Gasteiger partial charge in [-0.05, 0) is 0 Å². The molecule has 5 heteroatoms. The number of aromatic nitrogens is 2. The Morgan fingerprint density at radius 1 is 1.28 bits per heavy atom. The summed E-state index contributed by atoms with van der Waals surface area (Å²) >= 11 is 3.38. The molecule has 0 unspecified atom stereocenters. The maximum Gasteiger partial charge on any atom is 0.212 e. The third-order valence-corrected chi connectivity index (χ3v) is 1.86. The van der Waals surface area contributed by atoms with Crippen LogP contribution in [0.2, 0.25) is 0 Å². The van der Waals surface area contributed by atoms with E-state index in [-0.39, 0.29) is 5.41 Å². The number of nitrogens with one attached hydrogen (secondary N) is 1. The van der Waals surface area contributed by atoms with Crippen molar-refractivity contribution in [3.63, 3.8) is 0 Å². The van der Waals surface area contributed by atoms with Crippen LogP contribution in [0.4, 0.5) is 5.82 Å². The van der Waals surface area contributed by atoms with Crippen molar-refractivity contribution >= 4 is 28.2 Å². The Balaban J connectivity index is 0.000000494. The van der Waals surface area contributed by atoms with Crippen LogP contribution in [0.1, 0.15) is 47.2 Å². The highest BCUT2D eigenvalue weighted by Gasteiger charge is 2.18. The van der Waals surface area contributed by atoms with Gasteiger partial charge in [-0.25, -0.2) is 0 Å². The molecule has 18 heavy (non-hydrogen) atoms. The number of hydrogen-bond acceptors (Lipinski definition) is 2. The fourth-order valence-corrected chi connectivity index (χ4v) is 1.03. The minimum Gasteiger partial charge on any atom is -0.314 e. The summed E-state index contributed by atoms with van der Waals surface area (Å²) in [7, 11) is 1.81. The van der Waals surface area contributed by atoms with Crippen molar-refractivity contribution in [2.24, 2.45) is 7.05 Å². The van der Waals surface area contributed by atoms with E-state index in [2.05, 4.69) is 67.9 Å². The fraction of sp³-hybridized carbons (Fsp3) is 0.692. The average Bonchev–Trinajstić information content (AvgIpc) is 2.45. The summed E-state index contributed by atoms with van der Waals surface area (Å²) in [4.78, 5) is 10.2. The first-order valence-electron chi connectivity index (χ1n) is 5.89. The zero-order valence-corrected chi connectivity index (χ0v) is 13.9. The van der Waals surface area contributed by atoms with Gasteiger partial charge in [0.1, 0.15) is 5.82 Å². The molecule has 104 valence electrons. The molecule has 1 aromatic rings. The van der Waals surface area contributed by atoms with Gasteiger partial charge in [-0.1, -0.05) is 57.5 Å². The topological polar surface area (TPSA) is 46.9 Å². The van der Waals surface area contributed by atoms with E-state index in [0.29, 0.717) is 10.7 Å². The van der Waals surface area contributed by atoms with Gasteiger partial charge in [-0.2, -0.15) is 5.10 Å². The number of carbonyl (C=O) groups is 1. The lowest BCUT2D eigenvalue weighted by Crippen LogP contribution is -2.12. The summed E-state index contributed by atoms with van der Waals surface area (Å²) in [6, 6.07) is 1.88. The SMILES string of the molecule is CC(C)(C)Br.Cn1nc(C(C)(C)C)cc1NC=O. The molecule has 1 heterocycles. The summed E-state index contributed by atoms with van der Waals surface area (Å²) in [6.07, 6.45) is 0.656. The molecule has 4 nitrogen and oxygen atoms in total. The second kappa shape index (κ2) is 6.36. The van der Waals surface area contributed by atoms with E-state index in [1.54, 1.807) is 11.7 Å². The Labute approximate surface area is 118 Å². The highest BCUT2D eigenvalue weighted by atomic mass is 79.9. The van der Waals surface area contributed by atoms with E-state index in [4.69, 9.17) is 0 Å². The van der Waals surface area contributed by atoms with Crippen molar-refractivity contribution in [1.82, 2.24) is 9.78 Å². The van der Waals surface area contributed by atoms with E-state index < -0.39 is 0 Å². The van der Waals surface area contributed by atoms with E-state index in [0.717, 1.165) is 11.5 Å². The largest absolute Gasteiger partial charge is 0.314 e. The molecule has 1 rings (SSSR count). The van der Waals surface area contributed by atoms with Crippen LogP contribution >= 0.6 is 15.9 Å². The average molecular weight is 318 g/mol. The zero-order valence-electron chi connectivity index (χ0n) is 12.3. The van der Waals surface area contributed by atoms with E-state index in [9.17, 15) is 4.79 Å². The summed E-state index contributed by atoms with van der Waals surface area (Å²) in [5.74, 6) is 0.722. The number of alkyl halides is 1. The van der Waals surface area contributed by atoms with Gasteiger partial charge in [-0.3, -0.25) is 9.48 Å². The Kier molecular flexibility index (Phi) is 6.07. The van der Waals surface area contributed by atoms with Gasteiger partial charge < -0.3 is 5.32 Å². The van der Waals surface area contributed by atoms with Crippen molar-refractivity contribution in [3.8, 4) is 0 Å². The quantitative estimate of drug-likeness (QED) is 0.670. The highest BCUT2D eigenvalue weighted by molar-refractivity contribution is 9.10. The van der Waals surface area contributed by atoms with Gasteiger partial charge in [0.25, 0.3) is 0 Å². The van der Waals surface area contributed by atoms with Crippen molar-refractivity contribution < 1.29 is 4.79 Å². The molecular weight excluding hydrogens is 294 g/mol. The molecule has 0 radical (unpaired) electrons. The van der Waals surface area contributed by atoms with Crippen molar-refractivity contribution in [3.05, 3.63) is 11.8 Å². The van der Waals surface area contributed by atoms with Crippen molar-refractivity contribution in [2.75, 3.05) is 5.32 Å². The molecule has 1 amide bonds. The monoisotopic (exact) mass is 317 g/mol. The van der Waals surface area contributed by atoms with E-state index in [1.807, 2.05) is 6.07 Å². The molecule has 1 N–H and O–H groups in total. The molecule has 0 atom stereocenters. The number of aryl methyl sites for hydroxylation is 1. The van der Waals surface area contributed by atoms with Crippen LogP contribution in [0.5, 0.6) is 0 Å². The molecular formula is C13H24BrN3O. The highest BCUT2D eigenvalue weighted by Crippen LogP contribution is 2.22. The standard InChI is InChI=1S/C9H15N3O.C4H9Br/c1-9(2,3)7-5-8(10-6-13)12(4)11-7;1-4(2,3)5/h5-6H,1-4H3,(H,10,13);1-3H3. The lowest BCUT2D eigenvalue weighted by Gasteiger charge is -2.13. The molecule has 0 aliphatic carbocycles. The molecule has 0 bridgehead atoms. The predicted molar refractivity (Wildman–Crippen MR) is 80.3 cm³/mol. The number of carbonyl (C=O) groups excluding carboxylic acids is 1. The smallest absolute Gasteiger partial charge is 0.212 e. The molecule has 0 spiro atoms. The van der Waals surface area contributed by atoms with E-state index in [1.165, 1.54) is 0 Å². The number of nitrogens with zero attached hydrogens (tertiary/aromatic N) is 2. The van der Waals surface area contributed by atoms with Gasteiger partial charge in [0.05, 0.1) is 5.69 Å². The first-order valence-corrected chi connectivity index (χ1v) is 6.68. The van der Waals surface area contributed by atoms with Crippen LogP contribution in [0.15, 0.2) is 6.07 Å². The molecule has 0 saturated heterocycles. The number of amides is 1. The van der Waals surface area contributed by atoms with Crippen LogP contribution in [0, 0.1) is 0 Å². The number of anilines is 1. The molecule has 0 fully saturated rings. The third-order valence-electron chi connectivity index (χ3n) is 1.86. The second-order valence-corrected chi connectivity index (χ2v) is 8.50. The van der Waals surface area contributed by atoms with Crippen molar-refractivity contribution in [2.45, 2.75) is 51.3 Å². The molecule has 0 aliphatic heterocycles. The Bertz CT molecular complexity index is 380. The molecule has 0 aliphatic rings. The maximum atomic E-state index is 10.2. The van der Waals surface area contributed by atoms with Crippen LogP contribution in [-0.4, -0.2) is 20.5 Å². The van der Waals surface area contributed by atoms with Gasteiger partial charge >= 0.3 is 0 Å². The van der Waals surface area contributed by atoms with Crippen LogP contribution in [0.25, 0.3) is 0 Å². The van der Waals surface area contributed by atoms with Gasteiger partial charge in [0, 0.05) is 22.9 Å². The molecule has 0 saturated carbocycles. The Morgan fingerprint density at radius 2 is 1.72 bits per heavy atom. The van der Waals surface area contributed by atoms with Crippen LogP contribution in [0.3, 0.4) is 0 Å². The zero-order chi connectivity index (χ0) is 14.6. The van der Waals surface area contributed by atoms with Crippen LogP contribution in [-0.2, 0) is 17.3 Å². The van der Waals surface area contributed by atoms with Crippen LogP contribution < -0.4 is 5.32 Å². The molecule has 1 aromatic heterocycles. The van der Waals surface area contributed by atoms with Gasteiger partial charge in [0.15, 0.2) is 0 Å². The minimum absolute atomic E-state index is 0.0145. The van der Waals surface area contributed by atoms with Crippen molar-refractivity contribution in [1.29, 1.82) is 0 Å². The summed E-state index contributed by atoms with van der Waals surface area (Å²) in [6.45, 7) is 12.6. The Morgan fingerprint density at radius 3 is 2.00 bits per heavy atom. The Hall–Kier alpha value is -0.840. The molecule has 0 aromatic carbocycles. The number of hydrogen-bond donors (Lipinski definition) is 1. The van der Waals surface area contributed by atoms with Gasteiger partial charge in [-0.15, -0.1) is 0 Å². The summed E-state index contributed by atoms with van der Waals surface area (Å²) < 4.78 is 1.97. The summed E-state index contributed by atoms with van der Waals surface area (Å²) in [5.41, 5.74) is 0.986. The first kappa shape index (κ1) is 17.2.